The molecule has 0 aliphatic heterocycles. The van der Waals surface area contributed by atoms with Gasteiger partial charge in [0.2, 0.25) is 0 Å². The van der Waals surface area contributed by atoms with Crippen LogP contribution in [-0.2, 0) is 4.74 Å². The molecular weight excluding hydrogens is 218 g/mol. The molecule has 0 spiro atoms. The zero-order valence-electron chi connectivity index (χ0n) is 10.9. The van der Waals surface area contributed by atoms with E-state index < -0.39 is 5.60 Å². The molecule has 0 amide bonds. The van der Waals surface area contributed by atoms with Crippen molar-refractivity contribution in [3.63, 3.8) is 0 Å². The van der Waals surface area contributed by atoms with Crippen molar-refractivity contribution in [2.45, 2.75) is 32.8 Å². The summed E-state index contributed by atoms with van der Waals surface area (Å²) in [7, 11) is 1.62. The minimum absolute atomic E-state index is 0.426. The van der Waals surface area contributed by atoms with Gasteiger partial charge in [-0.25, -0.2) is 4.98 Å². The summed E-state index contributed by atoms with van der Waals surface area (Å²) >= 11 is 0. The van der Waals surface area contributed by atoms with Gasteiger partial charge in [0.15, 0.2) is 0 Å². The summed E-state index contributed by atoms with van der Waals surface area (Å²) in [5.41, 5.74) is 0.876. The molecule has 0 bridgehead atoms. The first-order valence-corrected chi connectivity index (χ1v) is 5.70. The van der Waals surface area contributed by atoms with Crippen LogP contribution in [0.3, 0.4) is 0 Å². The Hall–Kier alpha value is -1.20. The lowest BCUT2D eigenvalue weighted by atomic mass is 10.0. The van der Waals surface area contributed by atoms with Gasteiger partial charge in [-0.05, 0) is 20.8 Å². The molecule has 0 saturated heterocycles. The molecule has 0 aliphatic rings. The van der Waals surface area contributed by atoms with Crippen LogP contribution in [-0.4, -0.2) is 40.9 Å². The van der Waals surface area contributed by atoms with Gasteiger partial charge in [0, 0.05) is 32.9 Å². The van der Waals surface area contributed by atoms with Crippen LogP contribution >= 0.6 is 0 Å². The second kappa shape index (κ2) is 5.93. The number of anilines is 1. The molecule has 5 nitrogen and oxygen atoms in total. The average Bonchev–Trinajstić information content (AvgIpc) is 2.28. The second-order valence-corrected chi connectivity index (χ2v) is 4.54. The molecule has 1 atom stereocenters. The molecule has 1 heterocycles. The molecule has 96 valence electrons. The fourth-order valence-corrected chi connectivity index (χ4v) is 1.39. The van der Waals surface area contributed by atoms with E-state index >= 15 is 0 Å². The van der Waals surface area contributed by atoms with Crippen LogP contribution in [0, 0.1) is 13.8 Å². The molecule has 1 rings (SSSR count). The van der Waals surface area contributed by atoms with Crippen molar-refractivity contribution in [3.8, 4) is 0 Å². The van der Waals surface area contributed by atoms with E-state index in [2.05, 4.69) is 15.3 Å². The molecule has 1 aromatic heterocycles. The Morgan fingerprint density at radius 3 is 2.82 bits per heavy atom. The highest BCUT2D eigenvalue weighted by molar-refractivity contribution is 5.39. The van der Waals surface area contributed by atoms with Crippen molar-refractivity contribution >= 4 is 5.82 Å². The standard InChI is InChI=1S/C12H21N3O2/c1-9-7-13-10(2)11(15-9)14-8-12(3,16)5-6-17-4/h7,16H,5-6,8H2,1-4H3,(H,14,15). The number of nitrogens with zero attached hydrogens (tertiary/aromatic N) is 2. The molecule has 1 aromatic rings. The van der Waals surface area contributed by atoms with Gasteiger partial charge in [-0.1, -0.05) is 0 Å². The Labute approximate surface area is 102 Å². The molecule has 0 aromatic carbocycles. The lowest BCUT2D eigenvalue weighted by Gasteiger charge is -2.23. The number of aromatic nitrogens is 2. The molecule has 1 unspecified atom stereocenters. The van der Waals surface area contributed by atoms with Crippen LogP contribution in [0.25, 0.3) is 0 Å². The highest BCUT2D eigenvalue weighted by Gasteiger charge is 2.20. The van der Waals surface area contributed by atoms with E-state index in [9.17, 15) is 5.11 Å². The summed E-state index contributed by atoms with van der Waals surface area (Å²) in [5.74, 6) is 0.725. The molecular formula is C12H21N3O2. The number of ether oxygens (including phenoxy) is 1. The highest BCUT2D eigenvalue weighted by atomic mass is 16.5. The van der Waals surface area contributed by atoms with Crippen LogP contribution in [0.5, 0.6) is 0 Å². The Kier molecular flexibility index (Phi) is 4.84. The lowest BCUT2D eigenvalue weighted by molar-refractivity contribution is 0.0357. The summed E-state index contributed by atoms with van der Waals surface area (Å²) in [6.07, 6.45) is 2.30. The zero-order valence-corrected chi connectivity index (χ0v) is 10.9. The van der Waals surface area contributed by atoms with Crippen LogP contribution < -0.4 is 5.32 Å². The topological polar surface area (TPSA) is 67.3 Å². The third-order valence-electron chi connectivity index (χ3n) is 2.56. The van der Waals surface area contributed by atoms with Gasteiger partial charge in [-0.2, -0.15) is 0 Å². The molecule has 17 heavy (non-hydrogen) atoms. The Morgan fingerprint density at radius 2 is 2.18 bits per heavy atom. The van der Waals surface area contributed by atoms with Crippen molar-refractivity contribution in [2.24, 2.45) is 0 Å². The maximum absolute atomic E-state index is 10.1. The van der Waals surface area contributed by atoms with Gasteiger partial charge in [0.05, 0.1) is 17.0 Å². The monoisotopic (exact) mass is 239 g/mol. The first kappa shape index (κ1) is 13.9. The maximum atomic E-state index is 10.1. The number of methoxy groups -OCH3 is 1. The van der Waals surface area contributed by atoms with Crippen LogP contribution in [0.1, 0.15) is 24.7 Å². The number of rotatable bonds is 6. The number of aliphatic hydroxyl groups is 1. The van der Waals surface area contributed by atoms with Crippen molar-refractivity contribution in [1.82, 2.24) is 9.97 Å². The van der Waals surface area contributed by atoms with Gasteiger partial charge in [0.1, 0.15) is 5.82 Å². The van der Waals surface area contributed by atoms with E-state index in [1.54, 1.807) is 20.2 Å². The Bertz CT molecular complexity index is 367. The van der Waals surface area contributed by atoms with Crippen molar-refractivity contribution in [3.05, 3.63) is 17.6 Å². The van der Waals surface area contributed by atoms with E-state index in [0.717, 1.165) is 17.2 Å². The van der Waals surface area contributed by atoms with Crippen molar-refractivity contribution < 1.29 is 9.84 Å². The number of hydrogen-bond acceptors (Lipinski definition) is 5. The van der Waals surface area contributed by atoms with Crippen LogP contribution in [0.4, 0.5) is 5.82 Å². The molecule has 0 saturated carbocycles. The fourth-order valence-electron chi connectivity index (χ4n) is 1.39. The van der Waals surface area contributed by atoms with Gasteiger partial charge in [-0.3, -0.25) is 4.98 Å². The minimum Gasteiger partial charge on any atom is -0.388 e. The zero-order chi connectivity index (χ0) is 12.9. The summed E-state index contributed by atoms with van der Waals surface area (Å²) in [6.45, 7) is 6.51. The van der Waals surface area contributed by atoms with E-state index in [1.807, 2.05) is 13.8 Å². The van der Waals surface area contributed by atoms with E-state index in [-0.39, 0.29) is 0 Å². The SMILES string of the molecule is COCCC(C)(O)CNc1nc(C)cnc1C. The third kappa shape index (κ3) is 4.66. The van der Waals surface area contributed by atoms with E-state index in [1.165, 1.54) is 0 Å². The van der Waals surface area contributed by atoms with Gasteiger partial charge >= 0.3 is 0 Å². The number of nitrogens with one attached hydrogen (secondary N) is 1. The van der Waals surface area contributed by atoms with Crippen molar-refractivity contribution in [1.29, 1.82) is 0 Å². The summed E-state index contributed by atoms with van der Waals surface area (Å²) < 4.78 is 4.96. The molecule has 5 heteroatoms. The molecule has 0 fully saturated rings. The normalized spacial score (nSPS) is 14.4. The van der Waals surface area contributed by atoms with E-state index in [4.69, 9.17) is 4.74 Å². The maximum Gasteiger partial charge on any atom is 0.147 e. The Morgan fingerprint density at radius 1 is 1.47 bits per heavy atom. The number of aryl methyl sites for hydroxylation is 2. The molecule has 0 aliphatic carbocycles. The lowest BCUT2D eigenvalue weighted by Crippen LogP contribution is -2.35. The van der Waals surface area contributed by atoms with Gasteiger partial charge < -0.3 is 15.2 Å². The van der Waals surface area contributed by atoms with Crippen LogP contribution in [0.2, 0.25) is 0 Å². The quantitative estimate of drug-likeness (QED) is 0.783. The Balaban J connectivity index is 2.57. The first-order valence-electron chi connectivity index (χ1n) is 5.70. The van der Waals surface area contributed by atoms with Crippen LogP contribution in [0.15, 0.2) is 6.20 Å². The first-order chi connectivity index (χ1) is 7.94. The predicted molar refractivity (Wildman–Crippen MR) is 67.1 cm³/mol. The molecule has 0 radical (unpaired) electrons. The van der Waals surface area contributed by atoms with E-state index in [0.29, 0.717) is 19.6 Å². The molecule has 2 N–H and O–H groups in total. The summed E-state index contributed by atoms with van der Waals surface area (Å²) in [6, 6.07) is 0. The third-order valence-corrected chi connectivity index (χ3v) is 2.56. The summed E-state index contributed by atoms with van der Waals surface area (Å²) in [4.78, 5) is 8.55. The van der Waals surface area contributed by atoms with Gasteiger partial charge in [-0.15, -0.1) is 0 Å². The average molecular weight is 239 g/mol. The second-order valence-electron chi connectivity index (χ2n) is 4.54. The number of hydrogen-bond donors (Lipinski definition) is 2. The smallest absolute Gasteiger partial charge is 0.147 e. The van der Waals surface area contributed by atoms with Crippen molar-refractivity contribution in [2.75, 3.05) is 25.6 Å². The largest absolute Gasteiger partial charge is 0.388 e. The van der Waals surface area contributed by atoms with Gasteiger partial charge in [0.25, 0.3) is 0 Å². The predicted octanol–water partition coefficient (Wildman–Crippen LogP) is 1.29. The fraction of sp³-hybridized carbons (Fsp3) is 0.667. The summed E-state index contributed by atoms with van der Waals surface area (Å²) in [5, 5.41) is 13.2. The highest BCUT2D eigenvalue weighted by Crippen LogP contribution is 2.13. The minimum atomic E-state index is -0.812.